The standard InChI is InChI=1S/C66H44N2O/c1-2-16-48(17-3-1)54-20-4-5-21-55(54)49-38-42-52(43-39-49)67(61-27-10-8-24-58(61)59-26-15-31-65-66(59)60-25-9-13-30-64(60)69-65)51-40-36-46(37-41-51)45-32-34-47(35-33-45)50-18-14-19-53(44-50)68-62-28-11-6-22-56(62)57-23-7-12-29-63(57)68/h1-44H. The largest absolute Gasteiger partial charge is 0.456 e. The van der Waals surface area contributed by atoms with Gasteiger partial charge in [-0.2, -0.15) is 0 Å². The van der Waals surface area contributed by atoms with Gasteiger partial charge >= 0.3 is 0 Å². The van der Waals surface area contributed by atoms with Crippen LogP contribution in [0.25, 0.3) is 105 Å². The van der Waals surface area contributed by atoms with Crippen molar-refractivity contribution in [1.29, 1.82) is 0 Å². The molecule has 0 radical (unpaired) electrons. The van der Waals surface area contributed by atoms with E-state index in [1.807, 2.05) is 6.07 Å². The fraction of sp³-hybridized carbons (Fsp3) is 0. The van der Waals surface area contributed by atoms with Crippen LogP contribution in [0.15, 0.2) is 271 Å². The molecule has 3 nitrogen and oxygen atoms in total. The van der Waals surface area contributed by atoms with Crippen molar-refractivity contribution in [3.05, 3.63) is 267 Å². The Labute approximate surface area is 401 Å². The molecule has 2 aromatic heterocycles. The fourth-order valence-corrected chi connectivity index (χ4v) is 10.4. The van der Waals surface area contributed by atoms with Gasteiger partial charge in [0.05, 0.1) is 16.7 Å². The Bertz CT molecular complexity index is 3940. The zero-order valence-corrected chi connectivity index (χ0v) is 37.7. The molecule has 0 bridgehead atoms. The second kappa shape index (κ2) is 16.9. The maximum absolute atomic E-state index is 6.40. The quantitative estimate of drug-likeness (QED) is 0.144. The highest BCUT2D eigenvalue weighted by Crippen LogP contribution is 2.46. The molecule has 13 rings (SSSR count). The lowest BCUT2D eigenvalue weighted by Gasteiger charge is -2.28. The summed E-state index contributed by atoms with van der Waals surface area (Å²) in [6.45, 7) is 0. The normalized spacial score (nSPS) is 11.5. The molecule has 0 aliphatic heterocycles. The molecule has 0 aliphatic rings. The van der Waals surface area contributed by atoms with Gasteiger partial charge in [-0.25, -0.2) is 0 Å². The second-order valence-electron chi connectivity index (χ2n) is 17.6. The summed E-state index contributed by atoms with van der Waals surface area (Å²) in [5.74, 6) is 0. The molecule has 0 saturated heterocycles. The third-order valence-electron chi connectivity index (χ3n) is 13.6. The van der Waals surface area contributed by atoms with Gasteiger partial charge in [-0.05, 0) is 117 Å². The average molecular weight is 881 g/mol. The smallest absolute Gasteiger partial charge is 0.136 e. The van der Waals surface area contributed by atoms with Crippen LogP contribution in [0.3, 0.4) is 0 Å². The summed E-state index contributed by atoms with van der Waals surface area (Å²) < 4.78 is 8.78. The van der Waals surface area contributed by atoms with Crippen molar-refractivity contribution in [2.45, 2.75) is 0 Å². The van der Waals surface area contributed by atoms with Crippen molar-refractivity contribution in [2.75, 3.05) is 4.90 Å². The molecular formula is C66H44N2O. The molecule has 11 aromatic carbocycles. The van der Waals surface area contributed by atoms with E-state index in [-0.39, 0.29) is 0 Å². The first-order chi connectivity index (χ1) is 34.2. The van der Waals surface area contributed by atoms with Crippen LogP contribution in [0, 0.1) is 0 Å². The van der Waals surface area contributed by atoms with E-state index in [0.717, 1.165) is 66.9 Å². The molecule has 0 fully saturated rings. The molecule has 3 heteroatoms. The summed E-state index contributed by atoms with van der Waals surface area (Å²) in [4.78, 5) is 2.39. The molecule has 324 valence electrons. The molecule has 13 aromatic rings. The molecule has 0 saturated carbocycles. The SMILES string of the molecule is c1ccc(-c2ccccc2-c2ccc(N(c3ccc(-c4ccc(-c5cccc(-n6c7ccccc7c7ccccc76)c5)cc4)cc3)c3ccccc3-c3cccc4oc5ccccc5c34)cc2)cc1. The predicted molar refractivity (Wildman–Crippen MR) is 290 cm³/mol. The van der Waals surface area contributed by atoms with Crippen molar-refractivity contribution >= 4 is 60.8 Å². The summed E-state index contributed by atoms with van der Waals surface area (Å²) in [7, 11) is 0. The minimum absolute atomic E-state index is 0.878. The van der Waals surface area contributed by atoms with E-state index >= 15 is 0 Å². The van der Waals surface area contributed by atoms with E-state index in [9.17, 15) is 0 Å². The van der Waals surface area contributed by atoms with Gasteiger partial charge in [0.1, 0.15) is 11.2 Å². The lowest BCUT2D eigenvalue weighted by atomic mass is 9.94. The molecule has 69 heavy (non-hydrogen) atoms. The minimum atomic E-state index is 0.878. The topological polar surface area (TPSA) is 21.3 Å². The number of hydrogen-bond acceptors (Lipinski definition) is 2. The van der Waals surface area contributed by atoms with Crippen LogP contribution in [-0.2, 0) is 0 Å². The predicted octanol–water partition coefficient (Wildman–Crippen LogP) is 18.5. The van der Waals surface area contributed by atoms with Crippen LogP contribution in [0.5, 0.6) is 0 Å². The summed E-state index contributed by atoms with van der Waals surface area (Å²) in [6.07, 6.45) is 0. The molecule has 0 aliphatic carbocycles. The highest BCUT2D eigenvalue weighted by Gasteiger charge is 2.21. The average Bonchev–Trinajstić information content (AvgIpc) is 3.98. The highest BCUT2D eigenvalue weighted by molar-refractivity contribution is 6.14. The van der Waals surface area contributed by atoms with Crippen LogP contribution in [0.4, 0.5) is 17.1 Å². The zero-order chi connectivity index (χ0) is 45.7. The number of nitrogens with zero attached hydrogens (tertiary/aromatic N) is 2. The van der Waals surface area contributed by atoms with Crippen molar-refractivity contribution in [3.63, 3.8) is 0 Å². The first-order valence-corrected chi connectivity index (χ1v) is 23.6. The number of anilines is 3. The number of para-hydroxylation sites is 4. The van der Waals surface area contributed by atoms with E-state index < -0.39 is 0 Å². The molecule has 0 spiro atoms. The Hall–Kier alpha value is -9.18. The molecule has 2 heterocycles. The lowest BCUT2D eigenvalue weighted by molar-refractivity contribution is 0.669. The van der Waals surface area contributed by atoms with Gasteiger partial charge in [0.2, 0.25) is 0 Å². The van der Waals surface area contributed by atoms with Crippen LogP contribution < -0.4 is 4.90 Å². The van der Waals surface area contributed by atoms with Crippen LogP contribution in [-0.4, -0.2) is 4.57 Å². The third-order valence-corrected chi connectivity index (χ3v) is 13.6. The number of furan rings is 1. The Kier molecular flexibility index (Phi) is 9.84. The van der Waals surface area contributed by atoms with Crippen LogP contribution in [0.2, 0.25) is 0 Å². The number of benzene rings is 11. The Balaban J connectivity index is 0.875. The van der Waals surface area contributed by atoms with Gasteiger partial charge in [0.25, 0.3) is 0 Å². The van der Waals surface area contributed by atoms with Crippen molar-refractivity contribution in [3.8, 4) is 61.3 Å². The molecule has 0 atom stereocenters. The lowest BCUT2D eigenvalue weighted by Crippen LogP contribution is -2.11. The zero-order valence-electron chi connectivity index (χ0n) is 37.7. The van der Waals surface area contributed by atoms with Crippen molar-refractivity contribution in [1.82, 2.24) is 4.57 Å². The second-order valence-corrected chi connectivity index (χ2v) is 17.6. The Morgan fingerprint density at radius 1 is 0.290 bits per heavy atom. The molecular weight excluding hydrogens is 837 g/mol. The summed E-state index contributed by atoms with van der Waals surface area (Å²) in [5.41, 5.74) is 20.2. The Morgan fingerprint density at radius 2 is 0.739 bits per heavy atom. The van der Waals surface area contributed by atoms with E-state index in [0.29, 0.717) is 0 Å². The minimum Gasteiger partial charge on any atom is -0.456 e. The molecule has 0 amide bonds. The maximum atomic E-state index is 6.40. The van der Waals surface area contributed by atoms with E-state index in [2.05, 4.69) is 270 Å². The first-order valence-electron chi connectivity index (χ1n) is 23.6. The van der Waals surface area contributed by atoms with Gasteiger partial charge in [-0.1, -0.05) is 200 Å². The monoisotopic (exact) mass is 880 g/mol. The molecule has 0 unspecified atom stereocenters. The molecule has 0 N–H and O–H groups in total. The van der Waals surface area contributed by atoms with Crippen LogP contribution in [0.1, 0.15) is 0 Å². The van der Waals surface area contributed by atoms with Crippen molar-refractivity contribution in [2.24, 2.45) is 0 Å². The van der Waals surface area contributed by atoms with Crippen molar-refractivity contribution < 1.29 is 4.42 Å². The van der Waals surface area contributed by atoms with Gasteiger partial charge in [0, 0.05) is 44.2 Å². The number of fused-ring (bicyclic) bond motifs is 6. The number of hydrogen-bond donors (Lipinski definition) is 0. The third kappa shape index (κ3) is 7.08. The van der Waals surface area contributed by atoms with E-state index in [1.54, 1.807) is 0 Å². The van der Waals surface area contributed by atoms with Gasteiger partial charge in [0.15, 0.2) is 0 Å². The first kappa shape index (κ1) is 40.1. The summed E-state index contributed by atoms with van der Waals surface area (Å²) >= 11 is 0. The summed E-state index contributed by atoms with van der Waals surface area (Å²) in [6, 6.07) is 96.0. The highest BCUT2D eigenvalue weighted by atomic mass is 16.3. The van der Waals surface area contributed by atoms with E-state index in [4.69, 9.17) is 4.42 Å². The van der Waals surface area contributed by atoms with Crippen LogP contribution >= 0.6 is 0 Å². The van der Waals surface area contributed by atoms with Gasteiger partial charge < -0.3 is 13.9 Å². The maximum Gasteiger partial charge on any atom is 0.136 e. The number of rotatable bonds is 9. The van der Waals surface area contributed by atoms with Gasteiger partial charge in [-0.3, -0.25) is 0 Å². The number of aromatic nitrogens is 1. The summed E-state index contributed by atoms with van der Waals surface area (Å²) in [5, 5.41) is 4.75. The van der Waals surface area contributed by atoms with E-state index in [1.165, 1.54) is 55.2 Å². The van der Waals surface area contributed by atoms with Gasteiger partial charge in [-0.15, -0.1) is 0 Å². The fourth-order valence-electron chi connectivity index (χ4n) is 10.4. The Morgan fingerprint density at radius 3 is 1.41 bits per heavy atom.